The van der Waals surface area contributed by atoms with E-state index in [2.05, 4.69) is 43.6 Å². The van der Waals surface area contributed by atoms with Gasteiger partial charge in [-0.3, -0.25) is 10.1 Å². The van der Waals surface area contributed by atoms with Crippen LogP contribution < -0.4 is 16.0 Å². The molecule has 0 aromatic heterocycles. The molecule has 100 valence electrons. The van der Waals surface area contributed by atoms with Crippen molar-refractivity contribution < 1.29 is 9.59 Å². The Kier molecular flexibility index (Phi) is 6.16. The molecule has 0 bridgehead atoms. The maximum atomic E-state index is 11.6. The van der Waals surface area contributed by atoms with Crippen molar-refractivity contribution in [1.82, 2.24) is 16.0 Å². The number of urea groups is 1. The van der Waals surface area contributed by atoms with Crippen LogP contribution in [-0.4, -0.2) is 31.6 Å². The Balaban J connectivity index is 4.14. The quantitative estimate of drug-likeness (QED) is 0.677. The number of hydrogen-bond acceptors (Lipinski definition) is 3. The number of imide groups is 1. The van der Waals surface area contributed by atoms with Crippen molar-refractivity contribution in [3.63, 3.8) is 0 Å². The average molecular weight is 243 g/mol. The molecule has 0 aliphatic rings. The van der Waals surface area contributed by atoms with Gasteiger partial charge in [0.1, 0.15) is 0 Å². The monoisotopic (exact) mass is 243 g/mol. The zero-order valence-corrected chi connectivity index (χ0v) is 11.7. The Morgan fingerprint density at radius 2 is 1.71 bits per heavy atom. The molecule has 0 rings (SSSR count). The first-order chi connectivity index (χ1) is 7.70. The molecule has 1 unspecified atom stereocenters. The normalized spacial score (nSPS) is 13.4. The van der Waals surface area contributed by atoms with E-state index in [0.29, 0.717) is 5.92 Å². The summed E-state index contributed by atoms with van der Waals surface area (Å²) in [5.74, 6) is 0.202. The lowest BCUT2D eigenvalue weighted by molar-refractivity contribution is -0.121. The first-order valence-electron chi connectivity index (χ1n) is 5.96. The predicted molar refractivity (Wildman–Crippen MR) is 68.7 cm³/mol. The van der Waals surface area contributed by atoms with Gasteiger partial charge >= 0.3 is 6.03 Å². The van der Waals surface area contributed by atoms with Crippen LogP contribution in [0, 0.1) is 11.3 Å². The van der Waals surface area contributed by atoms with Crippen molar-refractivity contribution in [3.05, 3.63) is 0 Å². The topological polar surface area (TPSA) is 70.2 Å². The molecule has 3 N–H and O–H groups in total. The van der Waals surface area contributed by atoms with Crippen LogP contribution in [0.3, 0.4) is 0 Å². The molecular formula is C12H25N3O2. The van der Waals surface area contributed by atoms with Crippen LogP contribution in [0.5, 0.6) is 0 Å². The summed E-state index contributed by atoms with van der Waals surface area (Å²) >= 11 is 0. The third kappa shape index (κ3) is 5.68. The van der Waals surface area contributed by atoms with Crippen molar-refractivity contribution in [2.75, 3.05) is 13.6 Å². The molecule has 0 aromatic carbocycles. The third-order valence-corrected chi connectivity index (χ3v) is 3.28. The fraction of sp³-hybridized carbons (Fsp3) is 0.833. The van der Waals surface area contributed by atoms with Crippen LogP contribution in [0.2, 0.25) is 0 Å². The summed E-state index contributed by atoms with van der Waals surface area (Å²) in [6.07, 6.45) is 0. The zero-order valence-electron chi connectivity index (χ0n) is 11.7. The van der Waals surface area contributed by atoms with Gasteiger partial charge < -0.3 is 10.6 Å². The van der Waals surface area contributed by atoms with Crippen molar-refractivity contribution in [2.45, 2.75) is 40.7 Å². The molecule has 0 heterocycles. The van der Waals surface area contributed by atoms with Gasteiger partial charge in [0.2, 0.25) is 5.91 Å². The second-order valence-corrected chi connectivity index (χ2v) is 5.31. The summed E-state index contributed by atoms with van der Waals surface area (Å²) in [6.45, 7) is 11.1. The summed E-state index contributed by atoms with van der Waals surface area (Å²) in [6, 6.07) is -0.864. The molecule has 5 nitrogen and oxygen atoms in total. The second-order valence-electron chi connectivity index (χ2n) is 5.31. The molecule has 3 amide bonds. The van der Waals surface area contributed by atoms with Gasteiger partial charge in [-0.05, 0) is 18.3 Å². The molecular weight excluding hydrogens is 218 g/mol. The van der Waals surface area contributed by atoms with E-state index in [-0.39, 0.29) is 17.4 Å². The summed E-state index contributed by atoms with van der Waals surface area (Å²) < 4.78 is 0. The Hall–Kier alpha value is -1.10. The van der Waals surface area contributed by atoms with E-state index in [0.717, 1.165) is 6.54 Å². The van der Waals surface area contributed by atoms with Crippen molar-refractivity contribution >= 4 is 11.9 Å². The van der Waals surface area contributed by atoms with E-state index < -0.39 is 6.03 Å². The number of carbonyl (C=O) groups is 2. The first-order valence-corrected chi connectivity index (χ1v) is 5.96. The molecule has 0 aliphatic heterocycles. The molecule has 5 heteroatoms. The lowest BCUT2D eigenvalue weighted by Crippen LogP contribution is -2.49. The van der Waals surface area contributed by atoms with Gasteiger partial charge in [-0.2, -0.15) is 0 Å². The SMILES string of the molecule is CNC(=O)NC(=O)C(C)NCC(C)(C)C(C)C. The molecule has 0 saturated carbocycles. The van der Waals surface area contributed by atoms with Gasteiger partial charge in [0.05, 0.1) is 6.04 Å². The fourth-order valence-corrected chi connectivity index (χ4v) is 0.996. The van der Waals surface area contributed by atoms with Crippen LogP contribution in [0.25, 0.3) is 0 Å². The van der Waals surface area contributed by atoms with Crippen LogP contribution in [0.4, 0.5) is 4.79 Å². The molecule has 17 heavy (non-hydrogen) atoms. The first kappa shape index (κ1) is 15.9. The number of rotatable bonds is 5. The van der Waals surface area contributed by atoms with E-state index in [1.807, 2.05) is 0 Å². The van der Waals surface area contributed by atoms with Gasteiger partial charge in [-0.1, -0.05) is 27.7 Å². The smallest absolute Gasteiger partial charge is 0.321 e. The summed E-state index contributed by atoms with van der Waals surface area (Å²) in [4.78, 5) is 22.5. The van der Waals surface area contributed by atoms with Gasteiger partial charge in [-0.15, -0.1) is 0 Å². The Bertz CT molecular complexity index is 275. The molecule has 1 atom stereocenters. The summed E-state index contributed by atoms with van der Waals surface area (Å²) in [5, 5.41) is 7.73. The maximum absolute atomic E-state index is 11.6. The van der Waals surface area contributed by atoms with Crippen molar-refractivity contribution in [1.29, 1.82) is 0 Å². The minimum atomic E-state index is -0.480. The standard InChI is InChI=1S/C12H25N3O2/c1-8(2)12(4,5)7-14-9(3)10(16)15-11(17)13-6/h8-9,14H,7H2,1-6H3,(H2,13,15,16,17). The minimum Gasteiger partial charge on any atom is -0.341 e. The third-order valence-electron chi connectivity index (χ3n) is 3.28. The Morgan fingerprint density at radius 1 is 1.18 bits per heavy atom. The summed E-state index contributed by atoms with van der Waals surface area (Å²) in [5.41, 5.74) is 0.113. The highest BCUT2D eigenvalue weighted by Gasteiger charge is 2.24. The maximum Gasteiger partial charge on any atom is 0.321 e. The molecule has 0 spiro atoms. The lowest BCUT2D eigenvalue weighted by atomic mass is 9.81. The van der Waals surface area contributed by atoms with Crippen LogP contribution >= 0.6 is 0 Å². The number of amides is 3. The van der Waals surface area contributed by atoms with Gasteiger partial charge in [0.25, 0.3) is 0 Å². The van der Waals surface area contributed by atoms with Gasteiger partial charge in [0.15, 0.2) is 0 Å². The van der Waals surface area contributed by atoms with E-state index in [1.165, 1.54) is 7.05 Å². The molecule has 0 fully saturated rings. The van der Waals surface area contributed by atoms with Crippen LogP contribution in [0.1, 0.15) is 34.6 Å². The summed E-state index contributed by atoms with van der Waals surface area (Å²) in [7, 11) is 1.47. The largest absolute Gasteiger partial charge is 0.341 e. The minimum absolute atomic E-state index is 0.113. The fourth-order valence-electron chi connectivity index (χ4n) is 0.996. The van der Waals surface area contributed by atoms with Crippen molar-refractivity contribution in [3.8, 4) is 0 Å². The molecule has 0 saturated heterocycles. The molecule has 0 radical (unpaired) electrons. The molecule has 0 aliphatic carbocycles. The predicted octanol–water partition coefficient (Wildman–Crippen LogP) is 1.10. The second kappa shape index (κ2) is 6.59. The van der Waals surface area contributed by atoms with Crippen molar-refractivity contribution in [2.24, 2.45) is 11.3 Å². The van der Waals surface area contributed by atoms with E-state index >= 15 is 0 Å². The highest BCUT2D eigenvalue weighted by atomic mass is 16.2. The highest BCUT2D eigenvalue weighted by Crippen LogP contribution is 2.24. The highest BCUT2D eigenvalue weighted by molar-refractivity contribution is 5.96. The number of carbonyl (C=O) groups excluding carboxylic acids is 2. The number of hydrogen-bond donors (Lipinski definition) is 3. The lowest BCUT2D eigenvalue weighted by Gasteiger charge is -2.30. The van der Waals surface area contributed by atoms with E-state index in [9.17, 15) is 9.59 Å². The average Bonchev–Trinajstić information content (AvgIpc) is 2.25. The van der Waals surface area contributed by atoms with Crippen LogP contribution in [0.15, 0.2) is 0 Å². The van der Waals surface area contributed by atoms with E-state index in [1.54, 1.807) is 6.92 Å². The Labute approximate surface area is 104 Å². The van der Waals surface area contributed by atoms with Gasteiger partial charge in [0, 0.05) is 13.6 Å². The Morgan fingerprint density at radius 3 is 2.12 bits per heavy atom. The van der Waals surface area contributed by atoms with Gasteiger partial charge in [-0.25, -0.2) is 4.79 Å². The molecule has 0 aromatic rings. The van der Waals surface area contributed by atoms with E-state index in [4.69, 9.17) is 0 Å². The van der Waals surface area contributed by atoms with Crippen LogP contribution in [-0.2, 0) is 4.79 Å². The number of nitrogens with one attached hydrogen (secondary N) is 3. The zero-order chi connectivity index (χ0) is 13.6.